The monoisotopic (exact) mass is 208 g/mol. The fourth-order valence-corrected chi connectivity index (χ4v) is 2.46. The molecule has 1 heterocycles. The van der Waals surface area contributed by atoms with Gasteiger partial charge in [0.1, 0.15) is 10.5 Å². The van der Waals surface area contributed by atoms with Crippen LogP contribution >= 0.6 is 12.2 Å². The van der Waals surface area contributed by atoms with Crippen LogP contribution in [-0.4, -0.2) is 9.97 Å². The second-order valence-corrected chi connectivity index (χ2v) is 4.63. The molecule has 1 fully saturated rings. The molecular weight excluding hydrogens is 192 g/mol. The molecule has 2 unspecified atom stereocenters. The summed E-state index contributed by atoms with van der Waals surface area (Å²) < 4.78 is 0.799. The van der Waals surface area contributed by atoms with Gasteiger partial charge in [-0.2, -0.15) is 0 Å². The van der Waals surface area contributed by atoms with Gasteiger partial charge in [-0.3, -0.25) is 0 Å². The molecule has 1 saturated carbocycles. The molecule has 0 saturated heterocycles. The first kappa shape index (κ1) is 9.84. The first-order valence-electron chi connectivity index (χ1n) is 5.32. The maximum atomic E-state index is 5.11. The van der Waals surface area contributed by atoms with Gasteiger partial charge < -0.3 is 4.98 Å². The van der Waals surface area contributed by atoms with Crippen molar-refractivity contribution in [2.75, 3.05) is 0 Å². The Morgan fingerprint density at radius 3 is 2.93 bits per heavy atom. The zero-order valence-electron chi connectivity index (χ0n) is 8.49. The van der Waals surface area contributed by atoms with Crippen LogP contribution in [0.2, 0.25) is 0 Å². The molecule has 0 bridgehead atoms. The van der Waals surface area contributed by atoms with Gasteiger partial charge in [-0.25, -0.2) is 4.98 Å². The number of nitrogens with zero attached hydrogens (tertiary/aromatic N) is 1. The van der Waals surface area contributed by atoms with E-state index < -0.39 is 0 Å². The fourth-order valence-electron chi connectivity index (χ4n) is 2.30. The van der Waals surface area contributed by atoms with E-state index in [0.717, 1.165) is 16.4 Å². The quantitative estimate of drug-likeness (QED) is 0.716. The van der Waals surface area contributed by atoms with Crippen LogP contribution in [0.1, 0.15) is 44.3 Å². The van der Waals surface area contributed by atoms with E-state index in [4.69, 9.17) is 12.2 Å². The van der Waals surface area contributed by atoms with Crippen LogP contribution in [0, 0.1) is 10.6 Å². The Morgan fingerprint density at radius 2 is 2.21 bits per heavy atom. The van der Waals surface area contributed by atoms with Gasteiger partial charge in [0, 0.05) is 12.1 Å². The highest BCUT2D eigenvalue weighted by atomic mass is 32.1. The number of hydrogen-bond acceptors (Lipinski definition) is 2. The van der Waals surface area contributed by atoms with E-state index >= 15 is 0 Å². The van der Waals surface area contributed by atoms with Crippen LogP contribution < -0.4 is 0 Å². The molecule has 0 radical (unpaired) electrons. The van der Waals surface area contributed by atoms with Crippen molar-refractivity contribution < 1.29 is 0 Å². The number of H-pyrrole nitrogens is 1. The number of aromatic amines is 1. The third-order valence-electron chi connectivity index (χ3n) is 3.15. The minimum atomic E-state index is 0.589. The first-order valence-corrected chi connectivity index (χ1v) is 5.73. The van der Waals surface area contributed by atoms with E-state index in [-0.39, 0.29) is 0 Å². The summed E-state index contributed by atoms with van der Waals surface area (Å²) in [6, 6.07) is 1.84. The predicted molar refractivity (Wildman–Crippen MR) is 59.8 cm³/mol. The molecule has 14 heavy (non-hydrogen) atoms. The Bertz CT molecular complexity index is 358. The minimum absolute atomic E-state index is 0.589. The fraction of sp³-hybridized carbons (Fsp3) is 0.636. The van der Waals surface area contributed by atoms with Gasteiger partial charge in [-0.1, -0.05) is 38.4 Å². The summed E-state index contributed by atoms with van der Waals surface area (Å²) in [4.78, 5) is 7.60. The number of aromatic nitrogens is 2. The van der Waals surface area contributed by atoms with Crippen LogP contribution in [0.5, 0.6) is 0 Å². The van der Waals surface area contributed by atoms with E-state index in [1.807, 2.05) is 12.3 Å². The molecular formula is C11H16N2S. The molecule has 76 valence electrons. The van der Waals surface area contributed by atoms with Crippen LogP contribution in [-0.2, 0) is 0 Å². The van der Waals surface area contributed by atoms with Gasteiger partial charge in [0.2, 0.25) is 0 Å². The zero-order chi connectivity index (χ0) is 9.97. The second kappa shape index (κ2) is 4.22. The van der Waals surface area contributed by atoms with Gasteiger partial charge >= 0.3 is 0 Å². The lowest BCUT2D eigenvalue weighted by molar-refractivity contribution is 0.319. The summed E-state index contributed by atoms with van der Waals surface area (Å²) in [5.74, 6) is 2.42. The molecule has 1 N–H and O–H groups in total. The molecule has 1 aliphatic rings. The molecule has 3 heteroatoms. The van der Waals surface area contributed by atoms with E-state index in [1.165, 1.54) is 25.7 Å². The Morgan fingerprint density at radius 1 is 1.43 bits per heavy atom. The summed E-state index contributed by atoms with van der Waals surface area (Å²) in [7, 11) is 0. The van der Waals surface area contributed by atoms with Crippen molar-refractivity contribution in [1.82, 2.24) is 9.97 Å². The Kier molecular flexibility index (Phi) is 2.96. The summed E-state index contributed by atoms with van der Waals surface area (Å²) in [6.07, 6.45) is 7.08. The molecule has 0 aliphatic heterocycles. The number of nitrogens with one attached hydrogen (secondary N) is 1. The molecule has 1 aromatic rings. The third kappa shape index (κ3) is 2.03. The van der Waals surface area contributed by atoms with E-state index in [9.17, 15) is 0 Å². The molecule has 0 aromatic carbocycles. The Labute approximate surface area is 89.8 Å². The van der Waals surface area contributed by atoms with Crippen LogP contribution in [0.25, 0.3) is 0 Å². The van der Waals surface area contributed by atoms with E-state index in [0.29, 0.717) is 5.92 Å². The average Bonchev–Trinajstić information content (AvgIpc) is 2.18. The standard InChI is InChI=1S/C11H16N2S/c1-8-4-2-3-5-9(8)11-12-7-6-10(14)13-11/h6-9H,2-5H2,1H3,(H,12,13,14). The molecule has 0 spiro atoms. The SMILES string of the molecule is CC1CCCCC1c1nccc(=S)[nH]1. The summed E-state index contributed by atoms with van der Waals surface area (Å²) in [6.45, 7) is 2.31. The molecule has 1 aliphatic carbocycles. The topological polar surface area (TPSA) is 28.7 Å². The van der Waals surface area contributed by atoms with Crippen molar-refractivity contribution >= 4 is 12.2 Å². The van der Waals surface area contributed by atoms with Crippen molar-refractivity contribution in [3.8, 4) is 0 Å². The minimum Gasteiger partial charge on any atom is -0.335 e. The normalized spacial score (nSPS) is 27.5. The van der Waals surface area contributed by atoms with Gasteiger partial charge in [0.05, 0.1) is 0 Å². The Balaban J connectivity index is 2.24. The third-order valence-corrected chi connectivity index (χ3v) is 3.39. The highest BCUT2D eigenvalue weighted by Gasteiger charge is 2.24. The zero-order valence-corrected chi connectivity index (χ0v) is 9.31. The van der Waals surface area contributed by atoms with Crippen molar-refractivity contribution in [3.63, 3.8) is 0 Å². The van der Waals surface area contributed by atoms with Crippen LogP contribution in [0.3, 0.4) is 0 Å². The van der Waals surface area contributed by atoms with Crippen molar-refractivity contribution in [2.45, 2.75) is 38.5 Å². The molecule has 1 aromatic heterocycles. The largest absolute Gasteiger partial charge is 0.335 e. The summed E-state index contributed by atoms with van der Waals surface area (Å²) in [5.41, 5.74) is 0. The van der Waals surface area contributed by atoms with Gasteiger partial charge in [-0.15, -0.1) is 0 Å². The van der Waals surface area contributed by atoms with Crippen molar-refractivity contribution in [2.24, 2.45) is 5.92 Å². The summed E-state index contributed by atoms with van der Waals surface area (Å²) >= 11 is 5.11. The van der Waals surface area contributed by atoms with Crippen molar-refractivity contribution in [1.29, 1.82) is 0 Å². The summed E-state index contributed by atoms with van der Waals surface area (Å²) in [5, 5.41) is 0. The van der Waals surface area contributed by atoms with E-state index in [2.05, 4.69) is 16.9 Å². The maximum absolute atomic E-state index is 5.11. The molecule has 2 nitrogen and oxygen atoms in total. The first-order chi connectivity index (χ1) is 6.77. The molecule has 2 atom stereocenters. The van der Waals surface area contributed by atoms with Crippen molar-refractivity contribution in [3.05, 3.63) is 22.7 Å². The lowest BCUT2D eigenvalue weighted by Gasteiger charge is -2.27. The van der Waals surface area contributed by atoms with Gasteiger partial charge in [0.25, 0.3) is 0 Å². The highest BCUT2D eigenvalue weighted by Crippen LogP contribution is 2.35. The maximum Gasteiger partial charge on any atom is 0.110 e. The lowest BCUT2D eigenvalue weighted by Crippen LogP contribution is -2.17. The van der Waals surface area contributed by atoms with Crippen LogP contribution in [0.4, 0.5) is 0 Å². The second-order valence-electron chi connectivity index (χ2n) is 4.19. The van der Waals surface area contributed by atoms with Gasteiger partial charge in [0.15, 0.2) is 0 Å². The number of rotatable bonds is 1. The Hall–Kier alpha value is -0.700. The lowest BCUT2D eigenvalue weighted by atomic mass is 9.80. The van der Waals surface area contributed by atoms with Gasteiger partial charge in [-0.05, 0) is 18.4 Å². The van der Waals surface area contributed by atoms with E-state index in [1.54, 1.807) is 0 Å². The number of hydrogen-bond donors (Lipinski definition) is 1. The predicted octanol–water partition coefficient (Wildman–Crippen LogP) is 3.43. The highest BCUT2D eigenvalue weighted by molar-refractivity contribution is 7.71. The molecule has 0 amide bonds. The average molecular weight is 208 g/mol. The molecule has 2 rings (SSSR count). The smallest absolute Gasteiger partial charge is 0.110 e. The van der Waals surface area contributed by atoms with Crippen LogP contribution in [0.15, 0.2) is 12.3 Å².